The highest BCUT2D eigenvalue weighted by atomic mass is 16.5. The molecule has 0 unspecified atom stereocenters. The van der Waals surface area contributed by atoms with Gasteiger partial charge in [-0.05, 0) is 205 Å². The molecule has 1 aromatic rings. The maximum Gasteiger partial charge on any atom is 0.207 e. The monoisotopic (exact) mass is 893 g/mol. The molecule has 0 aliphatic rings. The van der Waals surface area contributed by atoms with E-state index < -0.39 is 0 Å². The molecule has 0 amide bonds. The number of rotatable bonds is 33. The first kappa shape index (κ1) is 58.8. The molecule has 0 atom stereocenters. The second-order valence-corrected chi connectivity index (χ2v) is 19.0. The van der Waals surface area contributed by atoms with Crippen LogP contribution in [0, 0.1) is 6.92 Å². The van der Waals surface area contributed by atoms with Crippen LogP contribution in [0.5, 0.6) is 23.0 Å². The van der Waals surface area contributed by atoms with E-state index in [1.54, 1.807) is 28.4 Å². The fraction of sp³-hybridized carbons (Fsp3) is 0.574. The Morgan fingerprint density at radius 2 is 0.508 bits per heavy atom. The molecule has 364 valence electrons. The summed E-state index contributed by atoms with van der Waals surface area (Å²) < 4.78 is 22.7. The summed E-state index contributed by atoms with van der Waals surface area (Å²) in [4.78, 5) is 0. The average molecular weight is 893 g/mol. The molecular formula is C61H96O4. The van der Waals surface area contributed by atoms with Gasteiger partial charge >= 0.3 is 0 Å². The number of hydrogen-bond donors (Lipinski definition) is 0. The summed E-state index contributed by atoms with van der Waals surface area (Å²) in [5.41, 5.74) is 16.9. The van der Waals surface area contributed by atoms with E-state index in [4.69, 9.17) is 18.9 Å². The van der Waals surface area contributed by atoms with Crippen LogP contribution in [0.15, 0.2) is 116 Å². The fourth-order valence-corrected chi connectivity index (χ4v) is 8.05. The summed E-state index contributed by atoms with van der Waals surface area (Å²) in [6, 6.07) is 0. The largest absolute Gasteiger partial charge is 0.492 e. The number of benzene rings is 1. The standard InChI is InChI=1S/C61H96O4/c1-46(2)26-17-27-47(3)28-18-29-48(4)30-19-31-49(5)32-20-33-50(6)34-21-35-51(7)36-22-37-52(8)38-23-39-53(9)40-24-41-54(10)42-25-43-55(11)44-45-57-56(12)58(62-13)60(64-15)61(65-16)59(57)63-14/h26,28,30,32,34,36,38,40,42,44H,17-25,27,29,31,33,35,37,39,41,43,45H2,1-16H3/b47-28+,48-30+,49-32+,50-34+,51-36+,52-38+,53-40+,54-42+,55-44+. The molecule has 0 bridgehead atoms. The quantitative estimate of drug-likeness (QED) is 0.0659. The van der Waals surface area contributed by atoms with E-state index in [2.05, 4.69) is 137 Å². The van der Waals surface area contributed by atoms with Crippen LogP contribution >= 0.6 is 0 Å². The van der Waals surface area contributed by atoms with E-state index in [1.807, 2.05) is 6.92 Å². The van der Waals surface area contributed by atoms with Crippen molar-refractivity contribution in [1.82, 2.24) is 0 Å². The van der Waals surface area contributed by atoms with E-state index in [-0.39, 0.29) is 0 Å². The lowest BCUT2D eigenvalue weighted by Gasteiger charge is -2.21. The highest BCUT2D eigenvalue weighted by Gasteiger charge is 2.24. The second kappa shape index (κ2) is 35.1. The van der Waals surface area contributed by atoms with Crippen molar-refractivity contribution in [2.45, 2.75) is 205 Å². The van der Waals surface area contributed by atoms with Crippen LogP contribution in [-0.2, 0) is 6.42 Å². The van der Waals surface area contributed by atoms with E-state index >= 15 is 0 Å². The minimum absolute atomic E-state index is 0.561. The zero-order valence-electron chi connectivity index (χ0n) is 44.8. The lowest BCUT2D eigenvalue weighted by atomic mass is 9.99. The van der Waals surface area contributed by atoms with Crippen LogP contribution in [0.3, 0.4) is 0 Å². The molecule has 65 heavy (non-hydrogen) atoms. The van der Waals surface area contributed by atoms with E-state index in [0.29, 0.717) is 23.0 Å². The normalized spacial score (nSPS) is 14.0. The highest BCUT2D eigenvalue weighted by molar-refractivity contribution is 5.67. The predicted molar refractivity (Wildman–Crippen MR) is 287 cm³/mol. The Morgan fingerprint density at radius 1 is 0.292 bits per heavy atom. The van der Waals surface area contributed by atoms with Crippen LogP contribution in [0.25, 0.3) is 0 Å². The third-order valence-corrected chi connectivity index (χ3v) is 12.5. The first-order chi connectivity index (χ1) is 31.1. The Morgan fingerprint density at radius 3 is 0.738 bits per heavy atom. The smallest absolute Gasteiger partial charge is 0.207 e. The molecule has 0 aliphatic heterocycles. The third-order valence-electron chi connectivity index (χ3n) is 12.5. The molecule has 0 fully saturated rings. The van der Waals surface area contributed by atoms with Crippen molar-refractivity contribution in [3.8, 4) is 23.0 Å². The predicted octanol–water partition coefficient (Wildman–Crippen LogP) is 19.1. The Bertz CT molecular complexity index is 1880. The van der Waals surface area contributed by atoms with Gasteiger partial charge in [0.1, 0.15) is 0 Å². The molecule has 0 saturated heterocycles. The molecule has 1 aromatic carbocycles. The topological polar surface area (TPSA) is 36.9 Å². The van der Waals surface area contributed by atoms with Crippen LogP contribution in [-0.4, -0.2) is 28.4 Å². The van der Waals surface area contributed by atoms with Crippen molar-refractivity contribution >= 4 is 0 Å². The zero-order valence-corrected chi connectivity index (χ0v) is 44.8. The fourth-order valence-electron chi connectivity index (χ4n) is 8.05. The first-order valence-corrected chi connectivity index (χ1v) is 25.0. The first-order valence-electron chi connectivity index (χ1n) is 25.0. The van der Waals surface area contributed by atoms with Crippen molar-refractivity contribution < 1.29 is 18.9 Å². The van der Waals surface area contributed by atoms with Crippen molar-refractivity contribution in [2.75, 3.05) is 28.4 Å². The molecule has 1 rings (SSSR count). The van der Waals surface area contributed by atoms with Gasteiger partial charge in [0.15, 0.2) is 11.5 Å². The van der Waals surface area contributed by atoms with Crippen LogP contribution in [0.2, 0.25) is 0 Å². The van der Waals surface area contributed by atoms with Gasteiger partial charge in [0.05, 0.1) is 28.4 Å². The van der Waals surface area contributed by atoms with Gasteiger partial charge in [0.25, 0.3) is 0 Å². The van der Waals surface area contributed by atoms with Gasteiger partial charge in [-0.15, -0.1) is 0 Å². The maximum absolute atomic E-state index is 5.78. The van der Waals surface area contributed by atoms with Gasteiger partial charge in [0, 0.05) is 11.1 Å². The number of ether oxygens (including phenoxy) is 4. The van der Waals surface area contributed by atoms with Crippen molar-refractivity contribution in [1.29, 1.82) is 0 Å². The van der Waals surface area contributed by atoms with E-state index in [0.717, 1.165) is 101 Å². The summed E-state index contributed by atoms with van der Waals surface area (Å²) in [7, 11) is 6.58. The summed E-state index contributed by atoms with van der Waals surface area (Å²) >= 11 is 0. The summed E-state index contributed by atoms with van der Waals surface area (Å²) in [5.74, 6) is 2.51. The zero-order chi connectivity index (χ0) is 48.6. The molecule has 0 saturated carbocycles. The minimum atomic E-state index is 0.561. The molecule has 0 heterocycles. The van der Waals surface area contributed by atoms with Crippen LogP contribution in [0.1, 0.15) is 203 Å². The van der Waals surface area contributed by atoms with Crippen molar-refractivity contribution in [3.05, 3.63) is 128 Å². The van der Waals surface area contributed by atoms with Gasteiger partial charge in [-0.3, -0.25) is 0 Å². The molecule has 4 heteroatoms. The van der Waals surface area contributed by atoms with Gasteiger partial charge < -0.3 is 18.9 Å². The molecule has 0 aliphatic carbocycles. The molecule has 0 spiro atoms. The maximum atomic E-state index is 5.78. The van der Waals surface area contributed by atoms with Crippen LogP contribution in [0.4, 0.5) is 0 Å². The number of allylic oxidation sites excluding steroid dienone is 20. The van der Waals surface area contributed by atoms with E-state index in [1.165, 1.54) is 87.8 Å². The molecule has 4 nitrogen and oxygen atoms in total. The Balaban J connectivity index is 2.36. The third kappa shape index (κ3) is 26.5. The molecular weight excluding hydrogens is 797 g/mol. The summed E-state index contributed by atoms with van der Waals surface area (Å²) in [5, 5.41) is 0. The van der Waals surface area contributed by atoms with Gasteiger partial charge in [-0.25, -0.2) is 0 Å². The average Bonchev–Trinajstić information content (AvgIpc) is 3.25. The van der Waals surface area contributed by atoms with Gasteiger partial charge in [-0.1, -0.05) is 116 Å². The Labute approximate surface area is 401 Å². The van der Waals surface area contributed by atoms with Gasteiger partial charge in [0.2, 0.25) is 11.5 Å². The lowest BCUT2D eigenvalue weighted by molar-refractivity contribution is 0.302. The van der Waals surface area contributed by atoms with E-state index in [9.17, 15) is 0 Å². The Hall–Kier alpha value is -4.18. The van der Waals surface area contributed by atoms with Gasteiger partial charge in [-0.2, -0.15) is 0 Å². The van der Waals surface area contributed by atoms with Crippen molar-refractivity contribution in [3.63, 3.8) is 0 Å². The summed E-state index contributed by atoms with van der Waals surface area (Å²) in [6.45, 7) is 27.0. The Kier molecular flexibility index (Phi) is 31.7. The van der Waals surface area contributed by atoms with Crippen molar-refractivity contribution in [2.24, 2.45) is 0 Å². The summed E-state index contributed by atoms with van der Waals surface area (Å²) in [6.07, 6.45) is 45.5. The molecule has 0 aromatic heterocycles. The second-order valence-electron chi connectivity index (χ2n) is 19.0. The highest BCUT2D eigenvalue weighted by Crippen LogP contribution is 2.49. The number of hydrogen-bond acceptors (Lipinski definition) is 4. The molecule has 0 radical (unpaired) electrons. The lowest BCUT2D eigenvalue weighted by Crippen LogP contribution is -2.04. The minimum Gasteiger partial charge on any atom is -0.492 e. The number of methoxy groups -OCH3 is 4. The SMILES string of the molecule is COc1c(C)c(C/C=C(\C)CC/C=C(\C)CC/C=C(\C)CC/C=C(\C)CC/C=C(\C)CC/C=C(\C)CC/C=C(\C)CC/C=C(\C)CC/C=C(\C)CCC=C(C)C)c(OC)c(OC)c1OC. The van der Waals surface area contributed by atoms with Crippen LogP contribution < -0.4 is 18.9 Å². The molecule has 0 N–H and O–H groups in total.